The standard InChI is InChI=1S/C16H28O3Si/c1-16(2,3)15(19-20(5)6)13(17)11-12-9-7-8-10-14(12)18-4/h7-10,13,15,17,20H,11H2,1-6H3/t13?,15-/m0/s1. The Morgan fingerprint density at radius 1 is 1.20 bits per heavy atom. The normalized spacial score (nSPS) is 15.2. The highest BCUT2D eigenvalue weighted by Crippen LogP contribution is 2.29. The van der Waals surface area contributed by atoms with Crippen molar-refractivity contribution in [2.24, 2.45) is 5.41 Å². The highest BCUT2D eigenvalue weighted by atomic mass is 28.3. The first kappa shape index (κ1) is 17.2. The Hall–Kier alpha value is -0.843. The molecule has 0 aliphatic heterocycles. The summed E-state index contributed by atoms with van der Waals surface area (Å²) in [5, 5.41) is 10.6. The molecule has 0 heterocycles. The number of para-hydroxylation sites is 1. The van der Waals surface area contributed by atoms with E-state index in [4.69, 9.17) is 9.16 Å². The Balaban J connectivity index is 2.88. The van der Waals surface area contributed by atoms with Crippen LogP contribution in [-0.2, 0) is 10.8 Å². The minimum absolute atomic E-state index is 0.0846. The zero-order valence-corrected chi connectivity index (χ0v) is 14.7. The maximum Gasteiger partial charge on any atom is 0.171 e. The summed E-state index contributed by atoms with van der Waals surface area (Å²) in [5.74, 6) is 0.820. The lowest BCUT2D eigenvalue weighted by atomic mass is 9.84. The van der Waals surface area contributed by atoms with Crippen LogP contribution < -0.4 is 4.74 Å². The molecule has 1 N–H and O–H groups in total. The molecule has 20 heavy (non-hydrogen) atoms. The van der Waals surface area contributed by atoms with Crippen molar-refractivity contribution >= 4 is 9.04 Å². The van der Waals surface area contributed by atoms with Gasteiger partial charge in [0.1, 0.15) is 5.75 Å². The van der Waals surface area contributed by atoms with E-state index in [9.17, 15) is 5.11 Å². The van der Waals surface area contributed by atoms with E-state index in [-0.39, 0.29) is 11.5 Å². The van der Waals surface area contributed by atoms with Crippen molar-refractivity contribution in [1.29, 1.82) is 0 Å². The van der Waals surface area contributed by atoms with Crippen LogP contribution in [0.2, 0.25) is 13.1 Å². The molecule has 0 saturated heterocycles. The highest BCUT2D eigenvalue weighted by molar-refractivity contribution is 6.48. The van der Waals surface area contributed by atoms with Gasteiger partial charge >= 0.3 is 0 Å². The summed E-state index contributed by atoms with van der Waals surface area (Å²) < 4.78 is 11.4. The molecule has 4 heteroatoms. The molecule has 2 atom stereocenters. The minimum Gasteiger partial charge on any atom is -0.496 e. The lowest BCUT2D eigenvalue weighted by molar-refractivity contribution is -0.0278. The first-order chi connectivity index (χ1) is 9.25. The van der Waals surface area contributed by atoms with Crippen molar-refractivity contribution in [2.75, 3.05) is 7.11 Å². The summed E-state index contributed by atoms with van der Waals surface area (Å²) in [6.07, 6.45) is -0.132. The molecule has 1 aromatic carbocycles. The number of methoxy groups -OCH3 is 1. The van der Waals surface area contributed by atoms with Gasteiger partial charge in [0.05, 0.1) is 19.3 Å². The van der Waals surface area contributed by atoms with Crippen molar-refractivity contribution in [3.05, 3.63) is 29.8 Å². The molecular weight excluding hydrogens is 268 g/mol. The maximum atomic E-state index is 10.6. The van der Waals surface area contributed by atoms with Gasteiger partial charge in [-0.05, 0) is 30.1 Å². The van der Waals surface area contributed by atoms with Crippen LogP contribution in [-0.4, -0.2) is 33.5 Å². The highest BCUT2D eigenvalue weighted by Gasteiger charge is 2.33. The summed E-state index contributed by atoms with van der Waals surface area (Å²) in [7, 11) is 0.454. The van der Waals surface area contributed by atoms with Gasteiger partial charge in [0.15, 0.2) is 9.04 Å². The van der Waals surface area contributed by atoms with Gasteiger partial charge in [-0.2, -0.15) is 0 Å². The van der Waals surface area contributed by atoms with Crippen LogP contribution >= 0.6 is 0 Å². The van der Waals surface area contributed by atoms with E-state index in [1.54, 1.807) is 7.11 Å². The first-order valence-corrected chi connectivity index (χ1v) is 9.99. The monoisotopic (exact) mass is 296 g/mol. The largest absolute Gasteiger partial charge is 0.496 e. The zero-order chi connectivity index (χ0) is 15.3. The Morgan fingerprint density at radius 3 is 2.30 bits per heavy atom. The number of ether oxygens (including phenoxy) is 1. The smallest absolute Gasteiger partial charge is 0.171 e. The van der Waals surface area contributed by atoms with Gasteiger partial charge in [-0.25, -0.2) is 0 Å². The molecule has 1 aromatic rings. The molecule has 0 aromatic heterocycles. The number of hydrogen-bond donors (Lipinski definition) is 1. The molecule has 1 unspecified atom stereocenters. The number of hydrogen-bond acceptors (Lipinski definition) is 3. The molecule has 0 saturated carbocycles. The number of aliphatic hydroxyl groups excluding tert-OH is 1. The third-order valence-electron chi connectivity index (χ3n) is 3.24. The molecule has 0 fully saturated rings. The van der Waals surface area contributed by atoms with E-state index in [2.05, 4.69) is 33.9 Å². The molecule has 0 amide bonds. The zero-order valence-electron chi connectivity index (χ0n) is 13.5. The Kier molecular flexibility index (Phi) is 6.24. The first-order valence-electron chi connectivity index (χ1n) is 7.21. The predicted molar refractivity (Wildman–Crippen MR) is 85.9 cm³/mol. The second kappa shape index (κ2) is 7.25. The van der Waals surface area contributed by atoms with Gasteiger partial charge in [0.25, 0.3) is 0 Å². The fraction of sp³-hybridized carbons (Fsp3) is 0.625. The second-order valence-electron chi connectivity index (χ2n) is 6.55. The Labute approximate surface area is 124 Å². The molecule has 114 valence electrons. The van der Waals surface area contributed by atoms with Crippen LogP contribution in [0.3, 0.4) is 0 Å². The minimum atomic E-state index is -1.20. The topological polar surface area (TPSA) is 38.7 Å². The van der Waals surface area contributed by atoms with Gasteiger partial charge in [-0.15, -0.1) is 0 Å². The predicted octanol–water partition coefficient (Wildman–Crippen LogP) is 3.01. The molecule has 0 radical (unpaired) electrons. The molecule has 0 spiro atoms. The fourth-order valence-corrected chi connectivity index (χ4v) is 3.55. The van der Waals surface area contributed by atoms with E-state index in [1.807, 2.05) is 24.3 Å². The Morgan fingerprint density at radius 2 is 1.80 bits per heavy atom. The summed E-state index contributed by atoms with van der Waals surface area (Å²) in [6.45, 7) is 10.6. The van der Waals surface area contributed by atoms with E-state index >= 15 is 0 Å². The van der Waals surface area contributed by atoms with Gasteiger partial charge in [-0.3, -0.25) is 0 Å². The summed E-state index contributed by atoms with van der Waals surface area (Å²) in [6, 6.07) is 7.82. The quantitative estimate of drug-likeness (QED) is 0.820. The van der Waals surface area contributed by atoms with Gasteiger partial charge in [0, 0.05) is 6.42 Å². The van der Waals surface area contributed by atoms with Crippen LogP contribution in [0.1, 0.15) is 26.3 Å². The van der Waals surface area contributed by atoms with Crippen molar-refractivity contribution in [3.63, 3.8) is 0 Å². The molecule has 0 aliphatic rings. The van der Waals surface area contributed by atoms with Gasteiger partial charge in [-0.1, -0.05) is 39.0 Å². The third-order valence-corrected chi connectivity index (χ3v) is 4.08. The van der Waals surface area contributed by atoms with Gasteiger partial charge < -0.3 is 14.3 Å². The average Bonchev–Trinajstić information content (AvgIpc) is 2.35. The van der Waals surface area contributed by atoms with E-state index in [0.29, 0.717) is 6.42 Å². The summed E-state index contributed by atoms with van der Waals surface area (Å²) >= 11 is 0. The Bertz CT molecular complexity index is 412. The SMILES string of the molecule is COc1ccccc1CC(O)[C@H](O[SiH](C)C)C(C)(C)C. The van der Waals surface area contributed by atoms with Crippen LogP contribution in [0.15, 0.2) is 24.3 Å². The third kappa shape index (κ3) is 4.92. The van der Waals surface area contributed by atoms with Crippen molar-refractivity contribution in [1.82, 2.24) is 0 Å². The van der Waals surface area contributed by atoms with Crippen LogP contribution in [0.4, 0.5) is 0 Å². The molecule has 3 nitrogen and oxygen atoms in total. The number of aliphatic hydroxyl groups is 1. The van der Waals surface area contributed by atoms with Crippen LogP contribution in [0.25, 0.3) is 0 Å². The van der Waals surface area contributed by atoms with Crippen molar-refractivity contribution in [2.45, 2.75) is 52.5 Å². The molecular formula is C16H28O3Si. The molecule has 0 bridgehead atoms. The van der Waals surface area contributed by atoms with E-state index in [1.165, 1.54) is 0 Å². The van der Waals surface area contributed by atoms with Crippen LogP contribution in [0.5, 0.6) is 5.75 Å². The molecule has 1 rings (SSSR count). The summed E-state index contributed by atoms with van der Waals surface area (Å²) in [5.41, 5.74) is 0.935. The maximum absolute atomic E-state index is 10.6. The second-order valence-corrected chi connectivity index (χ2v) is 8.92. The fourth-order valence-electron chi connectivity index (χ4n) is 2.37. The average molecular weight is 296 g/mol. The number of rotatable bonds is 6. The van der Waals surface area contributed by atoms with E-state index in [0.717, 1.165) is 11.3 Å². The lowest BCUT2D eigenvalue weighted by Crippen LogP contribution is -2.43. The van der Waals surface area contributed by atoms with Crippen molar-refractivity contribution < 1.29 is 14.3 Å². The van der Waals surface area contributed by atoms with Crippen LogP contribution in [0, 0.1) is 5.41 Å². The van der Waals surface area contributed by atoms with Gasteiger partial charge in [0.2, 0.25) is 0 Å². The summed E-state index contributed by atoms with van der Waals surface area (Å²) in [4.78, 5) is 0. The van der Waals surface area contributed by atoms with E-state index < -0.39 is 15.1 Å². The van der Waals surface area contributed by atoms with Crippen molar-refractivity contribution in [3.8, 4) is 5.75 Å². The molecule has 0 aliphatic carbocycles. The number of benzene rings is 1. The lowest BCUT2D eigenvalue weighted by Gasteiger charge is -2.36.